The Labute approximate surface area is 170 Å². The summed E-state index contributed by atoms with van der Waals surface area (Å²) in [5.41, 5.74) is 0.629. The number of para-hydroxylation sites is 2. The van der Waals surface area contributed by atoms with Gasteiger partial charge in [0.15, 0.2) is 12.2 Å². The van der Waals surface area contributed by atoms with Crippen LogP contribution in [0.5, 0.6) is 5.75 Å². The zero-order valence-electron chi connectivity index (χ0n) is 17.3. The smallest absolute Gasteiger partial charge is 0.308 e. The summed E-state index contributed by atoms with van der Waals surface area (Å²) in [5.74, 6) is -0.365. The van der Waals surface area contributed by atoms with E-state index in [-0.39, 0.29) is 37.0 Å². The van der Waals surface area contributed by atoms with Crippen LogP contribution in [0.3, 0.4) is 0 Å². The Morgan fingerprint density at radius 2 is 1.83 bits per heavy atom. The molecule has 8 nitrogen and oxygen atoms in total. The molecule has 8 heteroatoms. The number of morpholine rings is 1. The molecule has 2 amide bonds. The number of fused-ring (bicyclic) bond motifs is 1. The first kappa shape index (κ1) is 21.1. The molecule has 2 heterocycles. The average Bonchev–Trinajstić information content (AvgIpc) is 2.67. The van der Waals surface area contributed by atoms with Gasteiger partial charge >= 0.3 is 5.97 Å². The van der Waals surface area contributed by atoms with Crippen LogP contribution in [0, 0.1) is 0 Å². The molecule has 1 fully saturated rings. The molecular weight excluding hydrogens is 376 g/mol. The molecule has 29 heavy (non-hydrogen) atoms. The van der Waals surface area contributed by atoms with E-state index in [2.05, 4.69) is 0 Å². The van der Waals surface area contributed by atoms with Gasteiger partial charge in [0.25, 0.3) is 11.8 Å². The highest BCUT2D eigenvalue weighted by Gasteiger charge is 2.33. The van der Waals surface area contributed by atoms with Gasteiger partial charge in [0.1, 0.15) is 5.75 Å². The van der Waals surface area contributed by atoms with Gasteiger partial charge in [0, 0.05) is 19.6 Å². The van der Waals surface area contributed by atoms with Crippen LogP contribution in [0.25, 0.3) is 0 Å². The van der Waals surface area contributed by atoms with Gasteiger partial charge in [0.05, 0.1) is 24.3 Å². The topological polar surface area (TPSA) is 85.4 Å². The van der Waals surface area contributed by atoms with Crippen molar-refractivity contribution < 1.29 is 28.6 Å². The maximum atomic E-state index is 12.6. The van der Waals surface area contributed by atoms with Gasteiger partial charge in [-0.1, -0.05) is 12.1 Å². The number of amides is 2. The van der Waals surface area contributed by atoms with E-state index < -0.39 is 18.2 Å². The van der Waals surface area contributed by atoms with Crippen molar-refractivity contribution in [2.45, 2.75) is 58.5 Å². The van der Waals surface area contributed by atoms with Crippen LogP contribution < -0.4 is 9.64 Å². The van der Waals surface area contributed by atoms with Crippen LogP contribution in [0.15, 0.2) is 24.3 Å². The first-order valence-electron chi connectivity index (χ1n) is 9.97. The van der Waals surface area contributed by atoms with E-state index in [1.807, 2.05) is 26.0 Å². The molecule has 0 bridgehead atoms. The average molecular weight is 404 g/mol. The van der Waals surface area contributed by atoms with E-state index in [0.29, 0.717) is 24.5 Å². The minimum atomic E-state index is -0.883. The summed E-state index contributed by atoms with van der Waals surface area (Å²) in [7, 11) is 0. The molecule has 4 atom stereocenters. The number of rotatable bonds is 5. The zero-order chi connectivity index (χ0) is 21.1. The standard InChI is InChI=1S/C21H28N2O6/c1-13-11-22(12-14(2)27-13)20(25)15(3)29-19(24)9-10-23-17-7-5-6-8-18(17)28-16(4)21(23)26/h5-8,13-16H,9-12H2,1-4H3. The lowest BCUT2D eigenvalue weighted by molar-refractivity contribution is -0.164. The van der Waals surface area contributed by atoms with E-state index in [1.54, 1.807) is 30.9 Å². The van der Waals surface area contributed by atoms with Crippen LogP contribution in [-0.4, -0.2) is 66.7 Å². The highest BCUT2D eigenvalue weighted by Crippen LogP contribution is 2.33. The Morgan fingerprint density at radius 1 is 1.17 bits per heavy atom. The molecule has 0 aromatic heterocycles. The molecule has 2 aliphatic rings. The van der Waals surface area contributed by atoms with Gasteiger partial charge in [-0.15, -0.1) is 0 Å². The quantitative estimate of drug-likeness (QED) is 0.695. The number of anilines is 1. The van der Waals surface area contributed by atoms with Gasteiger partial charge in [-0.05, 0) is 39.8 Å². The molecule has 0 radical (unpaired) electrons. The van der Waals surface area contributed by atoms with E-state index in [1.165, 1.54) is 4.90 Å². The Bertz CT molecular complexity index is 772. The molecule has 0 spiro atoms. The fourth-order valence-corrected chi connectivity index (χ4v) is 3.71. The Kier molecular flexibility index (Phi) is 6.42. The summed E-state index contributed by atoms with van der Waals surface area (Å²) in [6.45, 7) is 8.17. The van der Waals surface area contributed by atoms with Crippen LogP contribution in [0.1, 0.15) is 34.1 Å². The van der Waals surface area contributed by atoms with Crippen molar-refractivity contribution in [1.82, 2.24) is 4.90 Å². The van der Waals surface area contributed by atoms with Crippen molar-refractivity contribution in [2.24, 2.45) is 0 Å². The van der Waals surface area contributed by atoms with Gasteiger partial charge in [0.2, 0.25) is 0 Å². The fourth-order valence-electron chi connectivity index (χ4n) is 3.71. The number of hydrogen-bond acceptors (Lipinski definition) is 6. The monoisotopic (exact) mass is 404 g/mol. The van der Waals surface area contributed by atoms with Gasteiger partial charge in [-0.25, -0.2) is 0 Å². The SMILES string of the molecule is CC1CN(C(=O)C(C)OC(=O)CCN2C(=O)C(C)Oc3ccccc32)CC(C)O1. The first-order chi connectivity index (χ1) is 13.8. The summed E-state index contributed by atoms with van der Waals surface area (Å²) >= 11 is 0. The van der Waals surface area contributed by atoms with Crippen molar-refractivity contribution in [3.8, 4) is 5.75 Å². The molecule has 0 aliphatic carbocycles. The Morgan fingerprint density at radius 3 is 2.52 bits per heavy atom. The Hall–Kier alpha value is -2.61. The molecule has 3 rings (SSSR count). The molecule has 1 saturated heterocycles. The number of nitrogens with zero attached hydrogens (tertiary/aromatic N) is 2. The first-order valence-corrected chi connectivity index (χ1v) is 9.97. The van der Waals surface area contributed by atoms with E-state index in [9.17, 15) is 14.4 Å². The van der Waals surface area contributed by atoms with E-state index >= 15 is 0 Å². The maximum Gasteiger partial charge on any atom is 0.308 e. The molecule has 2 aliphatic heterocycles. The zero-order valence-corrected chi connectivity index (χ0v) is 17.3. The third-order valence-electron chi connectivity index (χ3n) is 5.00. The summed E-state index contributed by atoms with van der Waals surface area (Å²) in [4.78, 5) is 40.6. The van der Waals surface area contributed by atoms with Crippen molar-refractivity contribution >= 4 is 23.5 Å². The van der Waals surface area contributed by atoms with Crippen LogP contribution in [-0.2, 0) is 23.9 Å². The Balaban J connectivity index is 1.56. The molecule has 158 valence electrons. The predicted molar refractivity (Wildman–Crippen MR) is 106 cm³/mol. The second-order valence-electron chi connectivity index (χ2n) is 7.60. The minimum absolute atomic E-state index is 0.0136. The second-order valence-corrected chi connectivity index (χ2v) is 7.60. The summed E-state index contributed by atoms with van der Waals surface area (Å²) in [6, 6.07) is 7.20. The highest BCUT2D eigenvalue weighted by molar-refractivity contribution is 6.00. The summed E-state index contributed by atoms with van der Waals surface area (Å²) in [5, 5.41) is 0. The number of hydrogen-bond donors (Lipinski definition) is 0. The summed E-state index contributed by atoms with van der Waals surface area (Å²) in [6.07, 6.45) is -1.63. The molecule has 0 N–H and O–H groups in total. The lowest BCUT2D eigenvalue weighted by atomic mass is 10.1. The normalized spacial score (nSPS) is 25.1. The van der Waals surface area contributed by atoms with Crippen molar-refractivity contribution in [3.63, 3.8) is 0 Å². The number of carbonyl (C=O) groups excluding carboxylic acids is 3. The molecule has 1 aromatic rings. The van der Waals surface area contributed by atoms with E-state index in [0.717, 1.165) is 0 Å². The second kappa shape index (κ2) is 8.82. The molecule has 0 saturated carbocycles. The van der Waals surface area contributed by atoms with Gasteiger partial charge < -0.3 is 24.0 Å². The molecular formula is C21H28N2O6. The highest BCUT2D eigenvalue weighted by atomic mass is 16.5. The fraction of sp³-hybridized carbons (Fsp3) is 0.571. The maximum absolute atomic E-state index is 12.6. The minimum Gasteiger partial charge on any atom is -0.479 e. The molecule has 4 unspecified atom stereocenters. The van der Waals surface area contributed by atoms with Crippen LogP contribution >= 0.6 is 0 Å². The van der Waals surface area contributed by atoms with Crippen molar-refractivity contribution in [1.29, 1.82) is 0 Å². The number of ether oxygens (including phenoxy) is 3. The number of esters is 1. The van der Waals surface area contributed by atoms with Crippen molar-refractivity contribution in [2.75, 3.05) is 24.5 Å². The molecule has 1 aromatic carbocycles. The van der Waals surface area contributed by atoms with Gasteiger partial charge in [-0.2, -0.15) is 0 Å². The number of benzene rings is 1. The third kappa shape index (κ3) is 4.87. The van der Waals surface area contributed by atoms with Crippen LogP contribution in [0.2, 0.25) is 0 Å². The van der Waals surface area contributed by atoms with Crippen LogP contribution in [0.4, 0.5) is 5.69 Å². The lowest BCUT2D eigenvalue weighted by Gasteiger charge is -2.36. The predicted octanol–water partition coefficient (Wildman–Crippen LogP) is 1.76. The van der Waals surface area contributed by atoms with E-state index in [4.69, 9.17) is 14.2 Å². The third-order valence-corrected chi connectivity index (χ3v) is 5.00. The largest absolute Gasteiger partial charge is 0.479 e. The van der Waals surface area contributed by atoms with Gasteiger partial charge in [-0.3, -0.25) is 14.4 Å². The lowest BCUT2D eigenvalue weighted by Crippen LogP contribution is -2.51. The number of carbonyl (C=O) groups is 3. The van der Waals surface area contributed by atoms with Crippen molar-refractivity contribution in [3.05, 3.63) is 24.3 Å². The summed E-state index contributed by atoms with van der Waals surface area (Å²) < 4.78 is 16.6.